The fourth-order valence-electron chi connectivity index (χ4n) is 2.36. The third-order valence-corrected chi connectivity index (χ3v) is 5.25. The fraction of sp³-hybridized carbons (Fsp3) is 0.250. The number of benzene rings is 1. The lowest BCUT2D eigenvalue weighted by atomic mass is 10.2. The Bertz CT molecular complexity index is 860. The second-order valence-electron chi connectivity index (χ2n) is 5.06. The number of fused-ring (bicyclic) bond motifs is 1. The summed E-state index contributed by atoms with van der Waals surface area (Å²) >= 11 is 0. The molecule has 128 valence electrons. The van der Waals surface area contributed by atoms with Gasteiger partial charge in [0, 0.05) is 45.2 Å². The predicted octanol–water partition coefficient (Wildman–Crippen LogP) is 3.22. The summed E-state index contributed by atoms with van der Waals surface area (Å²) in [5, 5.41) is 3.26. The van der Waals surface area contributed by atoms with Crippen LogP contribution in [0.5, 0.6) is 0 Å². The van der Waals surface area contributed by atoms with Crippen molar-refractivity contribution >= 4 is 36.4 Å². The van der Waals surface area contributed by atoms with Crippen molar-refractivity contribution in [3.8, 4) is 0 Å². The normalized spacial score (nSPS) is 12.4. The first-order valence-electron chi connectivity index (χ1n) is 7.14. The summed E-state index contributed by atoms with van der Waals surface area (Å²) in [5.41, 5.74) is 1.33. The fourth-order valence-corrected chi connectivity index (χ4v) is 3.50. The summed E-state index contributed by atoms with van der Waals surface area (Å²) in [6.07, 6.45) is 3.11. The summed E-state index contributed by atoms with van der Waals surface area (Å²) in [5.74, 6) is -0.570. The second-order valence-corrected chi connectivity index (χ2v) is 7.27. The molecular weight excluding hydrogens is 331 g/mol. The number of carbonyl (C=O) groups excluding carboxylic acids is 2. The van der Waals surface area contributed by atoms with Crippen LogP contribution in [0.1, 0.15) is 24.2 Å². The molecule has 0 aliphatic heterocycles. The van der Waals surface area contributed by atoms with Crippen molar-refractivity contribution in [2.24, 2.45) is 0 Å². The second kappa shape index (κ2) is 7.13. The lowest BCUT2D eigenvalue weighted by Crippen LogP contribution is -2.20. The number of para-hydroxylation sites is 1. The van der Waals surface area contributed by atoms with Gasteiger partial charge in [-0.25, -0.2) is 0 Å². The van der Waals surface area contributed by atoms with E-state index in [2.05, 4.69) is 5.32 Å². The zero-order valence-electron chi connectivity index (χ0n) is 13.9. The highest BCUT2D eigenvalue weighted by Gasteiger charge is 2.29. The summed E-state index contributed by atoms with van der Waals surface area (Å²) in [6.45, 7) is 2.74. The molecule has 0 radical (unpaired) electrons. The molecule has 0 aliphatic carbocycles. The van der Waals surface area contributed by atoms with Gasteiger partial charge >= 0.3 is 7.60 Å². The minimum Gasteiger partial charge on any atom is -0.320 e. The number of aromatic nitrogens is 1. The monoisotopic (exact) mass is 350 g/mol. The van der Waals surface area contributed by atoms with Crippen LogP contribution in [0.25, 0.3) is 17.0 Å². The average molecular weight is 350 g/mol. The maximum absolute atomic E-state index is 12.7. The molecule has 7 nitrogen and oxygen atoms in total. The molecule has 1 aromatic carbocycles. The van der Waals surface area contributed by atoms with Gasteiger partial charge in [-0.15, -0.1) is 0 Å². The molecule has 2 rings (SSSR count). The van der Waals surface area contributed by atoms with Crippen LogP contribution in [0, 0.1) is 0 Å². The summed E-state index contributed by atoms with van der Waals surface area (Å²) in [6, 6.07) is 7.28. The molecule has 0 spiro atoms. The summed E-state index contributed by atoms with van der Waals surface area (Å²) < 4.78 is 24.1. The van der Waals surface area contributed by atoms with Gasteiger partial charge in [0.25, 0.3) is 0 Å². The predicted molar refractivity (Wildman–Crippen MR) is 91.7 cm³/mol. The standard InChI is InChI=1S/C16H19N2O5P/c1-11(19)17-16(24(21,22-3)23-4)9-13-10-18(12(2)20)15-8-6-5-7-14(13)15/h5-10H,1-4H3,(H,17,19)/b16-9-. The molecule has 8 heteroatoms. The van der Waals surface area contributed by atoms with Crippen molar-refractivity contribution in [1.82, 2.24) is 9.88 Å². The van der Waals surface area contributed by atoms with Crippen LogP contribution in [0.3, 0.4) is 0 Å². The van der Waals surface area contributed by atoms with Gasteiger partial charge in [-0.05, 0) is 12.1 Å². The Labute approximate surface area is 139 Å². The van der Waals surface area contributed by atoms with Crippen LogP contribution in [-0.4, -0.2) is 30.6 Å². The maximum atomic E-state index is 12.7. The topological polar surface area (TPSA) is 86.6 Å². The number of rotatable bonds is 5. The van der Waals surface area contributed by atoms with Gasteiger partial charge in [0.15, 0.2) is 0 Å². The zero-order valence-corrected chi connectivity index (χ0v) is 14.8. The van der Waals surface area contributed by atoms with Gasteiger partial charge in [-0.3, -0.25) is 18.7 Å². The van der Waals surface area contributed by atoms with Crippen molar-refractivity contribution in [2.75, 3.05) is 14.2 Å². The Balaban J connectivity index is 2.69. The number of hydrogen-bond acceptors (Lipinski definition) is 5. The Morgan fingerprint density at radius 2 is 1.79 bits per heavy atom. The van der Waals surface area contributed by atoms with Crippen molar-refractivity contribution in [3.05, 3.63) is 41.5 Å². The lowest BCUT2D eigenvalue weighted by molar-refractivity contribution is -0.118. The number of amides is 1. The highest BCUT2D eigenvalue weighted by Crippen LogP contribution is 2.54. The molecule has 0 fully saturated rings. The molecular formula is C16H19N2O5P. The van der Waals surface area contributed by atoms with Crippen LogP contribution in [0.15, 0.2) is 35.9 Å². The van der Waals surface area contributed by atoms with E-state index < -0.39 is 13.5 Å². The van der Waals surface area contributed by atoms with Crippen LogP contribution in [-0.2, 0) is 18.4 Å². The van der Waals surface area contributed by atoms with E-state index in [-0.39, 0.29) is 11.3 Å². The minimum absolute atomic E-state index is 0.00598. The van der Waals surface area contributed by atoms with Crippen LogP contribution in [0.4, 0.5) is 0 Å². The molecule has 1 heterocycles. The Hall–Kier alpha value is -2.21. The van der Waals surface area contributed by atoms with Crippen molar-refractivity contribution in [1.29, 1.82) is 0 Å². The van der Waals surface area contributed by atoms with Crippen LogP contribution < -0.4 is 5.32 Å². The first-order chi connectivity index (χ1) is 11.3. The maximum Gasteiger partial charge on any atom is 0.376 e. The first-order valence-corrected chi connectivity index (χ1v) is 8.69. The number of nitrogens with zero attached hydrogens (tertiary/aromatic N) is 1. The third-order valence-electron chi connectivity index (χ3n) is 3.45. The summed E-state index contributed by atoms with van der Waals surface area (Å²) in [7, 11) is -1.20. The van der Waals surface area contributed by atoms with Crippen molar-refractivity contribution in [3.63, 3.8) is 0 Å². The third kappa shape index (κ3) is 3.48. The Kier molecular flexibility index (Phi) is 5.39. The molecule has 1 amide bonds. The SMILES string of the molecule is COP(=O)(OC)/C(=C\c1cn(C(C)=O)c2ccccc12)NC(C)=O. The lowest BCUT2D eigenvalue weighted by Gasteiger charge is -2.17. The van der Waals surface area contributed by atoms with Crippen molar-refractivity contribution in [2.45, 2.75) is 13.8 Å². The van der Waals surface area contributed by atoms with Gasteiger partial charge < -0.3 is 14.4 Å². The van der Waals surface area contributed by atoms with E-state index >= 15 is 0 Å². The van der Waals surface area contributed by atoms with E-state index in [0.29, 0.717) is 11.1 Å². The molecule has 24 heavy (non-hydrogen) atoms. The molecule has 0 saturated heterocycles. The van der Waals surface area contributed by atoms with E-state index in [1.807, 2.05) is 18.2 Å². The van der Waals surface area contributed by atoms with E-state index in [0.717, 1.165) is 5.39 Å². The van der Waals surface area contributed by atoms with E-state index in [9.17, 15) is 14.2 Å². The Morgan fingerprint density at radius 1 is 1.17 bits per heavy atom. The van der Waals surface area contributed by atoms with E-state index in [4.69, 9.17) is 9.05 Å². The van der Waals surface area contributed by atoms with Gasteiger partial charge in [0.1, 0.15) is 5.44 Å². The Morgan fingerprint density at radius 3 is 2.33 bits per heavy atom. The zero-order chi connectivity index (χ0) is 17.9. The molecule has 2 aromatic rings. The molecule has 0 saturated carbocycles. The highest BCUT2D eigenvalue weighted by molar-refractivity contribution is 7.58. The quantitative estimate of drug-likeness (QED) is 0.837. The van der Waals surface area contributed by atoms with Crippen LogP contribution >= 0.6 is 7.60 Å². The largest absolute Gasteiger partial charge is 0.376 e. The van der Waals surface area contributed by atoms with Gasteiger partial charge in [0.05, 0.1) is 5.52 Å². The van der Waals surface area contributed by atoms with Gasteiger partial charge in [0.2, 0.25) is 11.8 Å². The van der Waals surface area contributed by atoms with Crippen molar-refractivity contribution < 1.29 is 23.2 Å². The number of carbonyl (C=O) groups is 2. The van der Waals surface area contributed by atoms with Gasteiger partial charge in [-0.2, -0.15) is 0 Å². The minimum atomic E-state index is -3.67. The number of hydrogen-bond donors (Lipinski definition) is 1. The number of nitrogens with one attached hydrogen (secondary N) is 1. The van der Waals surface area contributed by atoms with E-state index in [1.54, 1.807) is 12.3 Å². The molecule has 0 bridgehead atoms. The van der Waals surface area contributed by atoms with Gasteiger partial charge in [-0.1, -0.05) is 18.2 Å². The smallest absolute Gasteiger partial charge is 0.320 e. The molecule has 0 aliphatic rings. The molecule has 0 unspecified atom stereocenters. The summed E-state index contributed by atoms with van der Waals surface area (Å²) in [4.78, 5) is 23.3. The molecule has 0 atom stereocenters. The average Bonchev–Trinajstić information content (AvgIpc) is 2.92. The highest BCUT2D eigenvalue weighted by atomic mass is 31.2. The first kappa shape index (κ1) is 18.1. The molecule has 1 N–H and O–H groups in total. The molecule has 1 aromatic heterocycles. The van der Waals surface area contributed by atoms with E-state index in [1.165, 1.54) is 38.7 Å². The van der Waals surface area contributed by atoms with Crippen LogP contribution in [0.2, 0.25) is 0 Å².